The number of pyridine rings is 1. The Morgan fingerprint density at radius 3 is 2.33 bits per heavy atom. The standard InChI is InChI=1S/C24H22F4N6O2/c1-14(25)21(35)31-8-17(9-31)33-19-18(32-12-23(13-32)10-29-11-23)6-7-30-20(19)34(22(33)36)16-4-2-15(3-5-16)24(26,27)28/h2-7,17,29H,1,8-13H2. The van der Waals surface area contributed by atoms with Crippen molar-refractivity contribution < 1.29 is 22.4 Å². The molecule has 5 heterocycles. The average Bonchev–Trinajstić information content (AvgIpc) is 3.02. The normalized spacial score (nSPS) is 19.2. The molecule has 3 aromatic rings. The van der Waals surface area contributed by atoms with Crippen LogP contribution in [-0.4, -0.2) is 64.2 Å². The fourth-order valence-corrected chi connectivity index (χ4v) is 5.34. The molecule has 188 valence electrons. The molecule has 6 rings (SSSR count). The van der Waals surface area contributed by atoms with Crippen molar-refractivity contribution in [2.24, 2.45) is 5.41 Å². The first-order chi connectivity index (χ1) is 17.1. The second-order valence-corrected chi connectivity index (χ2v) is 9.76. The molecule has 0 atom stereocenters. The van der Waals surface area contributed by atoms with Gasteiger partial charge in [0.25, 0.3) is 5.91 Å². The van der Waals surface area contributed by atoms with Crippen molar-refractivity contribution >= 4 is 22.8 Å². The SMILES string of the molecule is C=C(F)C(=O)N1CC(n2c(=O)n(-c3ccc(C(F)(F)F)cc3)c3nccc(N4CC5(CNC5)C4)c32)C1. The summed E-state index contributed by atoms with van der Waals surface area (Å²) in [5.74, 6) is -1.90. The maximum atomic E-state index is 13.7. The fraction of sp³-hybridized carbons (Fsp3) is 0.375. The molecular weight excluding hydrogens is 480 g/mol. The Balaban J connectivity index is 1.46. The summed E-state index contributed by atoms with van der Waals surface area (Å²) < 4.78 is 55.5. The van der Waals surface area contributed by atoms with E-state index in [1.54, 1.807) is 6.20 Å². The van der Waals surface area contributed by atoms with E-state index in [0.717, 1.165) is 44.0 Å². The Kier molecular flexibility index (Phi) is 4.85. The zero-order chi connectivity index (χ0) is 25.4. The Labute approximate surface area is 202 Å². The molecule has 3 fully saturated rings. The number of carbonyl (C=O) groups excluding carboxylic acids is 1. The van der Waals surface area contributed by atoms with E-state index in [4.69, 9.17) is 0 Å². The number of hydrogen-bond donors (Lipinski definition) is 1. The number of fused-ring (bicyclic) bond motifs is 1. The van der Waals surface area contributed by atoms with Gasteiger partial charge in [-0.2, -0.15) is 13.2 Å². The summed E-state index contributed by atoms with van der Waals surface area (Å²) in [5, 5.41) is 3.28. The van der Waals surface area contributed by atoms with Gasteiger partial charge in [0.2, 0.25) is 0 Å². The molecular formula is C24H22F4N6O2. The molecule has 3 aliphatic rings. The quantitative estimate of drug-likeness (QED) is 0.439. The van der Waals surface area contributed by atoms with Gasteiger partial charge in [-0.15, -0.1) is 0 Å². The molecule has 12 heteroatoms. The van der Waals surface area contributed by atoms with Crippen molar-refractivity contribution in [3.05, 3.63) is 65.0 Å². The zero-order valence-electron chi connectivity index (χ0n) is 19.1. The lowest BCUT2D eigenvalue weighted by Crippen LogP contribution is -2.71. The van der Waals surface area contributed by atoms with Gasteiger partial charge in [0.05, 0.1) is 23.0 Å². The summed E-state index contributed by atoms with van der Waals surface area (Å²) in [6.07, 6.45) is -2.93. The number of nitrogens with one attached hydrogen (secondary N) is 1. The van der Waals surface area contributed by atoms with E-state index in [-0.39, 0.29) is 24.2 Å². The monoisotopic (exact) mass is 502 g/mol. The van der Waals surface area contributed by atoms with Gasteiger partial charge in [-0.1, -0.05) is 6.58 Å². The third kappa shape index (κ3) is 3.34. The number of alkyl halides is 3. The van der Waals surface area contributed by atoms with E-state index in [1.165, 1.54) is 26.2 Å². The molecule has 0 bridgehead atoms. The van der Waals surface area contributed by atoms with Crippen LogP contribution in [0.5, 0.6) is 0 Å². The van der Waals surface area contributed by atoms with Gasteiger partial charge in [-0.05, 0) is 30.3 Å². The first kappa shape index (κ1) is 22.8. The summed E-state index contributed by atoms with van der Waals surface area (Å²) in [4.78, 5) is 33.5. The average molecular weight is 502 g/mol. The number of anilines is 1. The van der Waals surface area contributed by atoms with Crippen molar-refractivity contribution in [2.75, 3.05) is 44.2 Å². The Morgan fingerprint density at radius 1 is 1.11 bits per heavy atom. The van der Waals surface area contributed by atoms with E-state index >= 15 is 0 Å². The van der Waals surface area contributed by atoms with E-state index in [0.29, 0.717) is 11.2 Å². The van der Waals surface area contributed by atoms with Gasteiger partial charge in [0, 0.05) is 50.9 Å². The minimum atomic E-state index is -4.50. The molecule has 1 aromatic carbocycles. The molecule has 2 aromatic heterocycles. The maximum absolute atomic E-state index is 13.7. The smallest absolute Gasteiger partial charge is 0.368 e. The fourth-order valence-electron chi connectivity index (χ4n) is 5.34. The third-order valence-electron chi connectivity index (χ3n) is 7.33. The van der Waals surface area contributed by atoms with Crippen molar-refractivity contribution in [1.29, 1.82) is 0 Å². The largest absolute Gasteiger partial charge is 0.416 e. The van der Waals surface area contributed by atoms with Gasteiger partial charge >= 0.3 is 11.9 Å². The van der Waals surface area contributed by atoms with Crippen LogP contribution in [-0.2, 0) is 11.0 Å². The van der Waals surface area contributed by atoms with Crippen molar-refractivity contribution in [3.63, 3.8) is 0 Å². The molecule has 3 saturated heterocycles. The molecule has 0 aliphatic carbocycles. The molecule has 3 aliphatic heterocycles. The lowest BCUT2D eigenvalue weighted by Gasteiger charge is -2.57. The first-order valence-electron chi connectivity index (χ1n) is 11.5. The minimum absolute atomic E-state index is 0.107. The van der Waals surface area contributed by atoms with E-state index in [1.807, 2.05) is 6.07 Å². The number of benzene rings is 1. The van der Waals surface area contributed by atoms with Crippen LogP contribution in [0.1, 0.15) is 11.6 Å². The molecule has 1 N–H and O–H groups in total. The number of halogens is 4. The maximum Gasteiger partial charge on any atom is 0.416 e. The van der Waals surface area contributed by atoms with Crippen molar-refractivity contribution in [2.45, 2.75) is 12.2 Å². The minimum Gasteiger partial charge on any atom is -0.368 e. The lowest BCUT2D eigenvalue weighted by molar-refractivity contribution is -0.137. The Morgan fingerprint density at radius 2 is 1.78 bits per heavy atom. The topological polar surface area (TPSA) is 75.4 Å². The summed E-state index contributed by atoms with van der Waals surface area (Å²) in [5.41, 5.74) is 0.787. The zero-order valence-corrected chi connectivity index (χ0v) is 19.1. The molecule has 0 unspecified atom stereocenters. The van der Waals surface area contributed by atoms with Gasteiger partial charge in [-0.3, -0.25) is 9.36 Å². The van der Waals surface area contributed by atoms with Crippen molar-refractivity contribution in [1.82, 2.24) is 24.3 Å². The van der Waals surface area contributed by atoms with Gasteiger partial charge in [0.1, 0.15) is 5.52 Å². The molecule has 36 heavy (non-hydrogen) atoms. The first-order valence-corrected chi connectivity index (χ1v) is 11.5. The van der Waals surface area contributed by atoms with E-state index in [2.05, 4.69) is 21.8 Å². The predicted octanol–water partition coefficient (Wildman–Crippen LogP) is 2.48. The number of amides is 1. The van der Waals surface area contributed by atoms with E-state index in [9.17, 15) is 27.2 Å². The van der Waals surface area contributed by atoms with Crippen LogP contribution in [0.3, 0.4) is 0 Å². The van der Waals surface area contributed by atoms with Crippen LogP contribution in [0.2, 0.25) is 0 Å². The van der Waals surface area contributed by atoms with Crippen LogP contribution in [0.25, 0.3) is 16.9 Å². The van der Waals surface area contributed by atoms with Crippen LogP contribution in [0.4, 0.5) is 23.2 Å². The number of nitrogens with zero attached hydrogens (tertiary/aromatic N) is 5. The molecule has 1 amide bonds. The van der Waals surface area contributed by atoms with Crippen LogP contribution in [0.15, 0.2) is 53.7 Å². The van der Waals surface area contributed by atoms with E-state index < -0.39 is 35.2 Å². The van der Waals surface area contributed by atoms with Gasteiger partial charge < -0.3 is 15.1 Å². The number of imidazole rings is 1. The molecule has 0 saturated carbocycles. The number of rotatable bonds is 4. The second-order valence-electron chi connectivity index (χ2n) is 9.76. The number of carbonyl (C=O) groups is 1. The highest BCUT2D eigenvalue weighted by Gasteiger charge is 2.48. The summed E-state index contributed by atoms with van der Waals surface area (Å²) in [7, 11) is 0. The lowest BCUT2D eigenvalue weighted by atomic mass is 9.74. The highest BCUT2D eigenvalue weighted by molar-refractivity contribution is 5.92. The number of hydrogen-bond acceptors (Lipinski definition) is 5. The highest BCUT2D eigenvalue weighted by Crippen LogP contribution is 2.41. The van der Waals surface area contributed by atoms with Gasteiger partial charge in [-0.25, -0.2) is 18.7 Å². The predicted molar refractivity (Wildman–Crippen MR) is 124 cm³/mol. The van der Waals surface area contributed by atoms with Crippen LogP contribution >= 0.6 is 0 Å². The van der Waals surface area contributed by atoms with Gasteiger partial charge in [0.15, 0.2) is 11.5 Å². The molecule has 0 radical (unpaired) electrons. The number of aromatic nitrogens is 3. The summed E-state index contributed by atoms with van der Waals surface area (Å²) in [6.45, 7) is 6.70. The summed E-state index contributed by atoms with van der Waals surface area (Å²) >= 11 is 0. The number of likely N-dealkylation sites (tertiary alicyclic amines) is 1. The highest BCUT2D eigenvalue weighted by atomic mass is 19.4. The second kappa shape index (κ2) is 7.66. The molecule has 8 nitrogen and oxygen atoms in total. The van der Waals surface area contributed by atoms with Crippen LogP contribution in [0, 0.1) is 5.41 Å². The molecule has 1 spiro atoms. The summed E-state index contributed by atoms with van der Waals surface area (Å²) in [6, 6.07) is 5.71. The Hall–Kier alpha value is -3.67. The van der Waals surface area contributed by atoms with Crippen molar-refractivity contribution in [3.8, 4) is 5.69 Å². The van der Waals surface area contributed by atoms with Crippen LogP contribution < -0.4 is 15.9 Å². The third-order valence-corrected chi connectivity index (χ3v) is 7.33. The Bertz CT molecular complexity index is 1440.